The number of rotatable bonds is 15. The second-order valence-corrected chi connectivity index (χ2v) is 6.13. The van der Waals surface area contributed by atoms with Gasteiger partial charge in [0.15, 0.2) is 0 Å². The van der Waals surface area contributed by atoms with Crippen molar-refractivity contribution in [3.8, 4) is 0 Å². The zero-order valence-electron chi connectivity index (χ0n) is 15.1. The first kappa shape index (κ1) is 22.5. The summed E-state index contributed by atoms with van der Waals surface area (Å²) in [5, 5.41) is 8.11. The molecule has 0 unspecified atom stereocenters. The Balaban J connectivity index is 3.10. The van der Waals surface area contributed by atoms with Crippen LogP contribution in [0.15, 0.2) is 0 Å². The van der Waals surface area contributed by atoms with Crippen molar-refractivity contribution in [2.45, 2.75) is 96.8 Å². The molecule has 0 aliphatic heterocycles. The highest BCUT2D eigenvalue weighted by Gasteiger charge is 2.08. The Morgan fingerprint density at radius 3 is 1.50 bits per heavy atom. The van der Waals surface area contributed by atoms with Gasteiger partial charge < -0.3 is 9.84 Å². The molecule has 0 spiro atoms. The van der Waals surface area contributed by atoms with Gasteiger partial charge in [-0.05, 0) is 6.42 Å². The maximum atomic E-state index is 10.8. The minimum absolute atomic E-state index is 0.222. The van der Waals surface area contributed by atoms with Crippen LogP contribution in [0.3, 0.4) is 0 Å². The quantitative estimate of drug-likeness (QED) is 0.164. The van der Waals surface area contributed by atoms with Crippen LogP contribution in [0.25, 0.3) is 0 Å². The minimum Gasteiger partial charge on any atom is -0.447 e. The molecule has 0 aromatic rings. The normalized spacial score (nSPS) is 10.4. The third-order valence-electron chi connectivity index (χ3n) is 3.90. The van der Waals surface area contributed by atoms with Gasteiger partial charge in [0.05, 0.1) is 6.61 Å². The molecular formula is C18H34O6. The highest BCUT2D eigenvalue weighted by atomic mass is 17.3. The van der Waals surface area contributed by atoms with E-state index in [0.717, 1.165) is 19.3 Å². The van der Waals surface area contributed by atoms with Crippen LogP contribution in [0.1, 0.15) is 96.8 Å². The van der Waals surface area contributed by atoms with Crippen LogP contribution in [-0.2, 0) is 14.5 Å². The number of carboxylic acid groups (broad SMARTS) is 1. The largest absolute Gasteiger partial charge is 0.549 e. The van der Waals surface area contributed by atoms with Gasteiger partial charge in [0.2, 0.25) is 0 Å². The zero-order chi connectivity index (χ0) is 17.9. The number of carbonyl (C=O) groups excluding carboxylic acids is 1. The molecule has 142 valence electrons. The molecule has 0 fully saturated rings. The Morgan fingerprint density at radius 2 is 1.08 bits per heavy atom. The molecule has 24 heavy (non-hydrogen) atoms. The lowest BCUT2D eigenvalue weighted by molar-refractivity contribution is -0.213. The van der Waals surface area contributed by atoms with Crippen molar-refractivity contribution in [1.29, 1.82) is 0 Å². The Morgan fingerprint density at radius 1 is 0.667 bits per heavy atom. The van der Waals surface area contributed by atoms with Gasteiger partial charge >= 0.3 is 12.3 Å². The highest BCUT2D eigenvalue weighted by Crippen LogP contribution is 2.12. The molecule has 0 radical (unpaired) electrons. The van der Waals surface area contributed by atoms with Gasteiger partial charge in [-0.2, -0.15) is 9.68 Å². The van der Waals surface area contributed by atoms with Crippen LogP contribution in [-0.4, -0.2) is 24.0 Å². The first-order chi connectivity index (χ1) is 11.7. The number of unbranched alkanes of at least 4 members (excludes halogenated alkanes) is 13. The second-order valence-electron chi connectivity index (χ2n) is 6.13. The van der Waals surface area contributed by atoms with Gasteiger partial charge in [-0.3, -0.25) is 0 Å². The number of ether oxygens (including phenoxy) is 1. The van der Waals surface area contributed by atoms with Gasteiger partial charge in [-0.1, -0.05) is 90.4 Å². The minimum atomic E-state index is -1.68. The molecule has 0 saturated heterocycles. The zero-order valence-corrected chi connectivity index (χ0v) is 15.1. The molecule has 1 N–H and O–H groups in total. The predicted molar refractivity (Wildman–Crippen MR) is 91.9 cm³/mol. The predicted octanol–water partition coefficient (Wildman–Crippen LogP) is 6.23. The van der Waals surface area contributed by atoms with Gasteiger partial charge in [0.1, 0.15) is 0 Å². The van der Waals surface area contributed by atoms with E-state index in [1.165, 1.54) is 70.6 Å². The molecule has 0 aliphatic rings. The molecule has 0 rings (SSSR count). The number of hydrogen-bond donors (Lipinski definition) is 1. The third-order valence-corrected chi connectivity index (χ3v) is 3.90. The topological polar surface area (TPSA) is 82.1 Å². The van der Waals surface area contributed by atoms with Crippen molar-refractivity contribution >= 4 is 12.3 Å². The van der Waals surface area contributed by atoms with E-state index >= 15 is 0 Å². The molecule has 0 saturated carbocycles. The first-order valence-electron chi connectivity index (χ1n) is 9.41. The van der Waals surface area contributed by atoms with Crippen molar-refractivity contribution in [3.63, 3.8) is 0 Å². The molecule has 0 aromatic heterocycles. The van der Waals surface area contributed by atoms with Crippen molar-refractivity contribution in [2.24, 2.45) is 0 Å². The van der Waals surface area contributed by atoms with E-state index in [0.29, 0.717) is 0 Å². The van der Waals surface area contributed by atoms with Crippen molar-refractivity contribution in [2.75, 3.05) is 6.61 Å². The summed E-state index contributed by atoms with van der Waals surface area (Å²) >= 11 is 0. The SMILES string of the molecule is CCCCCCCCCCCCCCCCOC(=O)OOC(=O)O. The average molecular weight is 346 g/mol. The Hall–Kier alpha value is -1.46. The summed E-state index contributed by atoms with van der Waals surface area (Å²) in [6.45, 7) is 2.47. The van der Waals surface area contributed by atoms with Crippen LogP contribution in [0.5, 0.6) is 0 Å². The molecule has 0 heterocycles. The van der Waals surface area contributed by atoms with Gasteiger partial charge in [-0.15, -0.1) is 0 Å². The van der Waals surface area contributed by atoms with Crippen LogP contribution in [0.4, 0.5) is 9.59 Å². The van der Waals surface area contributed by atoms with E-state index in [1.54, 1.807) is 0 Å². The Bertz CT molecular complexity index is 306. The van der Waals surface area contributed by atoms with Crippen molar-refractivity contribution in [1.82, 2.24) is 0 Å². The number of hydrogen-bond acceptors (Lipinski definition) is 5. The lowest BCUT2D eigenvalue weighted by Crippen LogP contribution is -2.11. The van der Waals surface area contributed by atoms with Crippen LogP contribution >= 0.6 is 0 Å². The van der Waals surface area contributed by atoms with Crippen LogP contribution < -0.4 is 0 Å². The summed E-state index contributed by atoms with van der Waals surface area (Å²) in [6, 6.07) is 0. The molecule has 0 bridgehead atoms. The summed E-state index contributed by atoms with van der Waals surface area (Å²) in [6.07, 6.45) is 14.8. The van der Waals surface area contributed by atoms with E-state index in [4.69, 9.17) is 5.11 Å². The number of carbonyl (C=O) groups is 2. The van der Waals surface area contributed by atoms with Crippen LogP contribution in [0.2, 0.25) is 0 Å². The molecule has 0 atom stereocenters. The van der Waals surface area contributed by atoms with Gasteiger partial charge in [-0.25, -0.2) is 9.68 Å². The fourth-order valence-corrected chi connectivity index (χ4v) is 2.55. The summed E-state index contributed by atoms with van der Waals surface area (Å²) in [4.78, 5) is 28.3. The Kier molecular flexibility index (Phi) is 16.8. The maximum Gasteiger partial charge on any atom is 0.549 e. The molecule has 0 amide bonds. The summed E-state index contributed by atoms with van der Waals surface area (Å²) < 4.78 is 4.65. The smallest absolute Gasteiger partial charge is 0.447 e. The van der Waals surface area contributed by atoms with E-state index in [1.807, 2.05) is 0 Å². The average Bonchev–Trinajstić information content (AvgIpc) is 2.56. The van der Waals surface area contributed by atoms with Crippen molar-refractivity contribution < 1.29 is 29.2 Å². The molecule has 0 aliphatic carbocycles. The molecular weight excluding hydrogens is 312 g/mol. The molecule has 6 nitrogen and oxygen atoms in total. The molecule has 6 heteroatoms. The Labute approximate surface area is 145 Å². The summed E-state index contributed by atoms with van der Waals surface area (Å²) in [5.41, 5.74) is 0. The third kappa shape index (κ3) is 18.6. The van der Waals surface area contributed by atoms with Gasteiger partial charge in [0, 0.05) is 0 Å². The van der Waals surface area contributed by atoms with E-state index in [2.05, 4.69) is 21.4 Å². The molecule has 0 aromatic carbocycles. The van der Waals surface area contributed by atoms with Crippen molar-refractivity contribution in [3.05, 3.63) is 0 Å². The lowest BCUT2D eigenvalue weighted by Gasteiger charge is -2.04. The first-order valence-corrected chi connectivity index (χ1v) is 9.41. The van der Waals surface area contributed by atoms with Crippen LogP contribution in [0, 0.1) is 0 Å². The summed E-state index contributed by atoms with van der Waals surface area (Å²) in [7, 11) is 0. The lowest BCUT2D eigenvalue weighted by atomic mass is 10.0. The van der Waals surface area contributed by atoms with E-state index < -0.39 is 12.3 Å². The van der Waals surface area contributed by atoms with E-state index in [9.17, 15) is 9.59 Å². The van der Waals surface area contributed by atoms with E-state index in [-0.39, 0.29) is 6.61 Å². The van der Waals surface area contributed by atoms with Gasteiger partial charge in [0.25, 0.3) is 0 Å². The maximum absolute atomic E-state index is 10.8. The second kappa shape index (κ2) is 17.9. The summed E-state index contributed by atoms with van der Waals surface area (Å²) in [5.74, 6) is 0. The monoisotopic (exact) mass is 346 g/mol. The highest BCUT2D eigenvalue weighted by molar-refractivity contribution is 5.62. The fraction of sp³-hybridized carbons (Fsp3) is 0.889. The standard InChI is InChI=1S/C18H34O6/c1-2-3-4-5-6-7-8-9-10-11-12-13-14-15-16-22-18(21)24-23-17(19)20/h2-16H2,1H3,(H,19,20). The fourth-order valence-electron chi connectivity index (χ4n) is 2.55.